The number of hydrogen-bond acceptors (Lipinski definition) is 5. The van der Waals surface area contributed by atoms with E-state index in [-0.39, 0.29) is 16.3 Å². The Labute approximate surface area is 142 Å². The van der Waals surface area contributed by atoms with Crippen LogP contribution in [0, 0.1) is 13.8 Å². The zero-order chi connectivity index (χ0) is 17.2. The van der Waals surface area contributed by atoms with Gasteiger partial charge < -0.3 is 9.84 Å². The summed E-state index contributed by atoms with van der Waals surface area (Å²) in [5.41, 5.74) is 0.808. The van der Waals surface area contributed by atoms with Crippen LogP contribution in [0.2, 0.25) is 0 Å². The Morgan fingerprint density at radius 1 is 1.35 bits per heavy atom. The average molecular weight is 402 g/mol. The molecular formula is C14H16BrN3O4S. The minimum Gasteiger partial charge on any atom is -0.360 e. The van der Waals surface area contributed by atoms with Crippen molar-refractivity contribution in [1.29, 1.82) is 0 Å². The maximum absolute atomic E-state index is 12.4. The van der Waals surface area contributed by atoms with E-state index in [0.717, 1.165) is 4.47 Å². The lowest BCUT2D eigenvalue weighted by atomic mass is 10.3. The summed E-state index contributed by atoms with van der Waals surface area (Å²) in [6.07, 6.45) is 0. The molecule has 0 aliphatic rings. The van der Waals surface area contributed by atoms with Crippen LogP contribution in [-0.4, -0.2) is 25.5 Å². The highest BCUT2D eigenvalue weighted by Gasteiger charge is 2.28. The molecule has 124 valence electrons. The molecule has 2 aromatic rings. The van der Waals surface area contributed by atoms with E-state index < -0.39 is 22.0 Å². The second-order valence-electron chi connectivity index (χ2n) is 5.00. The van der Waals surface area contributed by atoms with E-state index in [1.807, 2.05) is 6.07 Å². The molecule has 1 aromatic heterocycles. The van der Waals surface area contributed by atoms with Gasteiger partial charge in [-0.25, -0.2) is 8.42 Å². The molecule has 2 rings (SSSR count). The SMILES string of the molecule is Cc1noc(C)c1S(=O)(=O)N[C@H](C)C(=O)Nc1cccc(Br)c1. The van der Waals surface area contributed by atoms with E-state index in [1.165, 1.54) is 20.8 Å². The van der Waals surface area contributed by atoms with Crippen LogP contribution in [0.3, 0.4) is 0 Å². The Balaban J connectivity index is 2.12. The first-order chi connectivity index (χ1) is 10.7. The van der Waals surface area contributed by atoms with Crippen molar-refractivity contribution < 1.29 is 17.7 Å². The van der Waals surface area contributed by atoms with E-state index >= 15 is 0 Å². The molecule has 0 saturated heterocycles. The van der Waals surface area contributed by atoms with Gasteiger partial charge in [-0.15, -0.1) is 0 Å². The minimum atomic E-state index is -3.90. The predicted octanol–water partition coefficient (Wildman–Crippen LogP) is 2.36. The number of amides is 1. The molecule has 9 heteroatoms. The second kappa shape index (κ2) is 6.81. The number of nitrogens with one attached hydrogen (secondary N) is 2. The van der Waals surface area contributed by atoms with Crippen molar-refractivity contribution >= 4 is 37.5 Å². The fourth-order valence-electron chi connectivity index (χ4n) is 2.02. The molecule has 0 aliphatic heterocycles. The molecule has 1 atom stereocenters. The molecule has 1 aromatic carbocycles. The van der Waals surface area contributed by atoms with Gasteiger partial charge in [0.2, 0.25) is 15.9 Å². The summed E-state index contributed by atoms with van der Waals surface area (Å²) in [6, 6.07) is 6.04. The third-order valence-electron chi connectivity index (χ3n) is 3.05. The Kier molecular flexibility index (Phi) is 5.23. The molecule has 7 nitrogen and oxygen atoms in total. The number of sulfonamides is 1. The highest BCUT2D eigenvalue weighted by Crippen LogP contribution is 2.19. The molecule has 2 N–H and O–H groups in total. The predicted molar refractivity (Wildman–Crippen MR) is 88.5 cm³/mol. The third kappa shape index (κ3) is 4.18. The molecule has 0 radical (unpaired) electrons. The fraction of sp³-hybridized carbons (Fsp3) is 0.286. The molecule has 1 heterocycles. The monoisotopic (exact) mass is 401 g/mol. The van der Waals surface area contributed by atoms with Gasteiger partial charge in [0.1, 0.15) is 10.6 Å². The smallest absolute Gasteiger partial charge is 0.246 e. The maximum atomic E-state index is 12.4. The van der Waals surface area contributed by atoms with Crippen molar-refractivity contribution in [3.8, 4) is 0 Å². The third-order valence-corrected chi connectivity index (χ3v) is 5.33. The molecule has 0 spiro atoms. The van der Waals surface area contributed by atoms with Gasteiger partial charge in [0.25, 0.3) is 0 Å². The fourth-order valence-corrected chi connectivity index (χ4v) is 3.95. The second-order valence-corrected chi connectivity index (χ2v) is 7.56. The summed E-state index contributed by atoms with van der Waals surface area (Å²) in [7, 11) is -3.90. The molecule has 23 heavy (non-hydrogen) atoms. The van der Waals surface area contributed by atoms with Crippen molar-refractivity contribution in [2.45, 2.75) is 31.7 Å². The van der Waals surface area contributed by atoms with Crippen LogP contribution < -0.4 is 10.0 Å². The van der Waals surface area contributed by atoms with Crippen molar-refractivity contribution in [3.05, 3.63) is 40.2 Å². The number of aryl methyl sites for hydroxylation is 2. The van der Waals surface area contributed by atoms with Gasteiger partial charge in [-0.1, -0.05) is 27.2 Å². The number of halogens is 1. The first-order valence-electron chi connectivity index (χ1n) is 6.72. The highest BCUT2D eigenvalue weighted by atomic mass is 79.9. The molecule has 1 amide bonds. The van der Waals surface area contributed by atoms with Gasteiger partial charge in [0, 0.05) is 10.2 Å². The average Bonchev–Trinajstić information content (AvgIpc) is 2.78. The Morgan fingerprint density at radius 3 is 2.61 bits per heavy atom. The quantitative estimate of drug-likeness (QED) is 0.800. The topological polar surface area (TPSA) is 101 Å². The van der Waals surface area contributed by atoms with E-state index in [0.29, 0.717) is 5.69 Å². The summed E-state index contributed by atoms with van der Waals surface area (Å²) in [5, 5.41) is 6.26. The van der Waals surface area contributed by atoms with Crippen molar-refractivity contribution in [3.63, 3.8) is 0 Å². The lowest BCUT2D eigenvalue weighted by molar-refractivity contribution is -0.117. The van der Waals surface area contributed by atoms with Gasteiger partial charge in [-0.2, -0.15) is 4.72 Å². The van der Waals surface area contributed by atoms with Gasteiger partial charge in [-0.05, 0) is 39.0 Å². The maximum Gasteiger partial charge on any atom is 0.246 e. The molecule has 0 fully saturated rings. The van der Waals surface area contributed by atoms with Crippen LogP contribution in [0.25, 0.3) is 0 Å². The minimum absolute atomic E-state index is 0.0420. The van der Waals surface area contributed by atoms with Gasteiger partial charge >= 0.3 is 0 Å². The van der Waals surface area contributed by atoms with Crippen LogP contribution in [-0.2, 0) is 14.8 Å². The molecular weight excluding hydrogens is 386 g/mol. The number of carbonyl (C=O) groups is 1. The highest BCUT2D eigenvalue weighted by molar-refractivity contribution is 9.10. The summed E-state index contributed by atoms with van der Waals surface area (Å²) in [5.74, 6) is -0.298. The first kappa shape index (κ1) is 17.6. The Hall–Kier alpha value is -1.71. The van der Waals surface area contributed by atoms with E-state index in [9.17, 15) is 13.2 Å². The van der Waals surface area contributed by atoms with Crippen LogP contribution >= 0.6 is 15.9 Å². The largest absolute Gasteiger partial charge is 0.360 e. The van der Waals surface area contributed by atoms with Crippen LogP contribution in [0.15, 0.2) is 38.2 Å². The number of anilines is 1. The van der Waals surface area contributed by atoms with E-state index in [4.69, 9.17) is 4.52 Å². The van der Waals surface area contributed by atoms with Crippen LogP contribution in [0.1, 0.15) is 18.4 Å². The number of aromatic nitrogens is 1. The lowest BCUT2D eigenvalue weighted by Gasteiger charge is -2.14. The van der Waals surface area contributed by atoms with Crippen LogP contribution in [0.5, 0.6) is 0 Å². The number of hydrogen-bond donors (Lipinski definition) is 2. The zero-order valence-electron chi connectivity index (χ0n) is 12.8. The van der Waals surface area contributed by atoms with E-state index in [1.54, 1.807) is 18.2 Å². The van der Waals surface area contributed by atoms with Gasteiger partial charge in [0.05, 0.1) is 6.04 Å². The number of nitrogens with zero attached hydrogens (tertiary/aromatic N) is 1. The van der Waals surface area contributed by atoms with Gasteiger partial charge in [0.15, 0.2) is 5.76 Å². The lowest BCUT2D eigenvalue weighted by Crippen LogP contribution is -2.41. The van der Waals surface area contributed by atoms with Gasteiger partial charge in [-0.3, -0.25) is 4.79 Å². The van der Waals surface area contributed by atoms with E-state index in [2.05, 4.69) is 31.1 Å². The first-order valence-corrected chi connectivity index (χ1v) is 9.00. The van der Waals surface area contributed by atoms with Crippen molar-refractivity contribution in [1.82, 2.24) is 9.88 Å². The molecule has 0 unspecified atom stereocenters. The Bertz CT molecular complexity index is 813. The molecule has 0 aliphatic carbocycles. The molecule has 0 saturated carbocycles. The standard InChI is InChI=1S/C14H16BrN3O4S/c1-8-13(10(3)22-17-8)23(20,21)18-9(2)14(19)16-12-6-4-5-11(15)7-12/h4-7,9,18H,1-3H3,(H,16,19)/t9-/m1/s1. The number of benzene rings is 1. The summed E-state index contributed by atoms with van der Waals surface area (Å²) >= 11 is 3.30. The number of rotatable bonds is 5. The summed E-state index contributed by atoms with van der Waals surface area (Å²) in [4.78, 5) is 12.1. The van der Waals surface area contributed by atoms with Crippen LogP contribution in [0.4, 0.5) is 5.69 Å². The zero-order valence-corrected chi connectivity index (χ0v) is 15.2. The molecule has 0 bridgehead atoms. The Morgan fingerprint density at radius 2 is 2.04 bits per heavy atom. The summed E-state index contributed by atoms with van der Waals surface area (Å²) < 4.78 is 32.7. The van der Waals surface area contributed by atoms with Crippen molar-refractivity contribution in [2.75, 3.05) is 5.32 Å². The van der Waals surface area contributed by atoms with Crippen molar-refractivity contribution in [2.24, 2.45) is 0 Å². The normalized spacial score (nSPS) is 12.9. The number of carbonyl (C=O) groups excluding carboxylic acids is 1. The summed E-state index contributed by atoms with van der Waals surface area (Å²) in [6.45, 7) is 4.49.